The van der Waals surface area contributed by atoms with Gasteiger partial charge in [-0.25, -0.2) is 0 Å². The SMILES string of the molecule is CC(C)(C)c1cnccc1[NH]. The van der Waals surface area contributed by atoms with Crippen LogP contribution in [0.15, 0.2) is 18.5 Å². The first-order valence-corrected chi connectivity index (χ1v) is 3.68. The highest BCUT2D eigenvalue weighted by molar-refractivity contribution is 5.44. The van der Waals surface area contributed by atoms with Crippen LogP contribution in [-0.4, -0.2) is 4.98 Å². The Morgan fingerprint density at radius 1 is 1.36 bits per heavy atom. The molecule has 1 aromatic heterocycles. The van der Waals surface area contributed by atoms with E-state index >= 15 is 0 Å². The average molecular weight is 149 g/mol. The molecule has 2 nitrogen and oxygen atoms in total. The molecule has 0 saturated carbocycles. The topological polar surface area (TPSA) is 36.7 Å². The van der Waals surface area contributed by atoms with E-state index in [2.05, 4.69) is 25.8 Å². The molecule has 0 fully saturated rings. The van der Waals surface area contributed by atoms with Crippen molar-refractivity contribution in [3.05, 3.63) is 24.0 Å². The molecule has 1 aromatic rings. The highest BCUT2D eigenvalue weighted by Crippen LogP contribution is 2.26. The summed E-state index contributed by atoms with van der Waals surface area (Å²) in [5.74, 6) is 0. The lowest BCUT2D eigenvalue weighted by molar-refractivity contribution is 0.588. The summed E-state index contributed by atoms with van der Waals surface area (Å²) in [4.78, 5) is 3.99. The summed E-state index contributed by atoms with van der Waals surface area (Å²) < 4.78 is 0. The number of pyridine rings is 1. The number of hydrogen-bond donors (Lipinski definition) is 0. The fraction of sp³-hybridized carbons (Fsp3) is 0.444. The standard InChI is InChI=1S/C9H13N2/c1-9(2,3)7-6-11-5-4-8(7)10/h4-6,10H,1-3H3. The van der Waals surface area contributed by atoms with Crippen LogP contribution in [0.3, 0.4) is 0 Å². The third-order valence-corrected chi connectivity index (χ3v) is 1.63. The van der Waals surface area contributed by atoms with Crippen molar-refractivity contribution < 1.29 is 0 Å². The molecule has 0 atom stereocenters. The number of rotatable bonds is 0. The van der Waals surface area contributed by atoms with Gasteiger partial charge in [-0.2, -0.15) is 0 Å². The molecule has 2 heteroatoms. The largest absolute Gasteiger partial charge is 0.300 e. The normalized spacial score (nSPS) is 11.5. The second kappa shape index (κ2) is 2.53. The molecule has 59 valence electrons. The van der Waals surface area contributed by atoms with Gasteiger partial charge in [0.1, 0.15) is 0 Å². The monoisotopic (exact) mass is 149 g/mol. The first-order chi connectivity index (χ1) is 5.02. The van der Waals surface area contributed by atoms with Crippen LogP contribution in [0.2, 0.25) is 0 Å². The lowest BCUT2D eigenvalue weighted by Gasteiger charge is -2.19. The minimum absolute atomic E-state index is 0.0331. The van der Waals surface area contributed by atoms with Crippen molar-refractivity contribution in [3.8, 4) is 0 Å². The maximum absolute atomic E-state index is 7.59. The lowest BCUT2D eigenvalue weighted by atomic mass is 9.87. The van der Waals surface area contributed by atoms with Crippen molar-refractivity contribution in [2.24, 2.45) is 0 Å². The molecule has 0 unspecified atom stereocenters. The van der Waals surface area contributed by atoms with Crippen molar-refractivity contribution in [1.29, 1.82) is 0 Å². The summed E-state index contributed by atoms with van der Waals surface area (Å²) in [5.41, 5.74) is 9.20. The first kappa shape index (κ1) is 8.05. The summed E-state index contributed by atoms with van der Waals surface area (Å²) >= 11 is 0. The van der Waals surface area contributed by atoms with Crippen molar-refractivity contribution in [2.45, 2.75) is 26.2 Å². The van der Waals surface area contributed by atoms with Gasteiger partial charge in [0.15, 0.2) is 0 Å². The number of aromatic nitrogens is 1. The Balaban J connectivity index is 3.14. The zero-order valence-electron chi connectivity index (χ0n) is 7.18. The Labute approximate surface area is 67.5 Å². The zero-order valence-corrected chi connectivity index (χ0v) is 7.18. The van der Waals surface area contributed by atoms with Crippen molar-refractivity contribution in [2.75, 3.05) is 0 Å². The van der Waals surface area contributed by atoms with Crippen molar-refractivity contribution in [3.63, 3.8) is 0 Å². The molecular weight excluding hydrogens is 136 g/mol. The van der Waals surface area contributed by atoms with E-state index in [1.165, 1.54) is 0 Å². The van der Waals surface area contributed by atoms with Crippen LogP contribution in [0.5, 0.6) is 0 Å². The molecule has 11 heavy (non-hydrogen) atoms. The van der Waals surface area contributed by atoms with Crippen molar-refractivity contribution >= 4 is 5.69 Å². The van der Waals surface area contributed by atoms with Crippen LogP contribution in [0, 0.1) is 0 Å². The van der Waals surface area contributed by atoms with Crippen LogP contribution >= 0.6 is 0 Å². The highest BCUT2D eigenvalue weighted by atomic mass is 14.7. The van der Waals surface area contributed by atoms with Crippen LogP contribution in [0.4, 0.5) is 5.69 Å². The predicted molar refractivity (Wildman–Crippen MR) is 45.7 cm³/mol. The van der Waals surface area contributed by atoms with E-state index in [0.717, 1.165) is 5.56 Å². The van der Waals surface area contributed by atoms with Crippen molar-refractivity contribution in [1.82, 2.24) is 10.7 Å². The third kappa shape index (κ3) is 1.70. The fourth-order valence-corrected chi connectivity index (χ4v) is 0.992. The summed E-state index contributed by atoms with van der Waals surface area (Å²) in [6, 6.07) is 1.72. The molecule has 0 aliphatic rings. The second-order valence-electron chi connectivity index (χ2n) is 3.67. The molecule has 0 aliphatic carbocycles. The van der Waals surface area contributed by atoms with Gasteiger partial charge in [-0.15, -0.1) is 0 Å². The van der Waals surface area contributed by atoms with Gasteiger partial charge in [0.25, 0.3) is 0 Å². The number of nitrogens with zero attached hydrogens (tertiary/aromatic N) is 1. The molecular formula is C9H13N2. The average Bonchev–Trinajstić information content (AvgIpc) is 1.86. The third-order valence-electron chi connectivity index (χ3n) is 1.63. The molecule has 0 saturated heterocycles. The summed E-state index contributed by atoms with van der Waals surface area (Å²) in [6.07, 6.45) is 3.42. The van der Waals surface area contributed by atoms with Crippen LogP contribution in [0.25, 0.3) is 0 Å². The van der Waals surface area contributed by atoms with Crippen LogP contribution in [0.1, 0.15) is 26.3 Å². The Bertz CT molecular complexity index is 248. The van der Waals surface area contributed by atoms with Gasteiger partial charge in [-0.3, -0.25) is 4.98 Å². The Kier molecular flexibility index (Phi) is 1.85. The number of hydrogen-bond acceptors (Lipinski definition) is 1. The summed E-state index contributed by atoms with van der Waals surface area (Å²) in [5, 5.41) is 0. The van der Waals surface area contributed by atoms with Gasteiger partial charge >= 0.3 is 0 Å². The Morgan fingerprint density at radius 2 is 2.00 bits per heavy atom. The van der Waals surface area contributed by atoms with E-state index in [-0.39, 0.29) is 5.41 Å². The van der Waals surface area contributed by atoms with E-state index in [1.807, 2.05) is 0 Å². The zero-order chi connectivity index (χ0) is 8.48. The van der Waals surface area contributed by atoms with Gasteiger partial charge < -0.3 is 5.73 Å². The Hall–Kier alpha value is -1.05. The molecule has 0 bridgehead atoms. The van der Waals surface area contributed by atoms with E-state index < -0.39 is 0 Å². The molecule has 1 heterocycles. The Morgan fingerprint density at radius 3 is 2.36 bits per heavy atom. The minimum Gasteiger partial charge on any atom is -0.300 e. The maximum Gasteiger partial charge on any atom is 0.0607 e. The van der Waals surface area contributed by atoms with Gasteiger partial charge in [0.05, 0.1) is 5.69 Å². The maximum atomic E-state index is 7.59. The van der Waals surface area contributed by atoms with Gasteiger partial charge in [0.2, 0.25) is 0 Å². The van der Waals surface area contributed by atoms with E-state index in [0.29, 0.717) is 5.69 Å². The molecule has 1 N–H and O–H groups in total. The minimum atomic E-state index is 0.0331. The fourth-order valence-electron chi connectivity index (χ4n) is 0.992. The smallest absolute Gasteiger partial charge is 0.0607 e. The summed E-state index contributed by atoms with van der Waals surface area (Å²) in [7, 11) is 0. The number of nitrogens with one attached hydrogen (secondary N) is 1. The second-order valence-corrected chi connectivity index (χ2v) is 3.67. The molecule has 1 rings (SSSR count). The molecule has 0 amide bonds. The highest BCUT2D eigenvalue weighted by Gasteiger charge is 2.16. The quantitative estimate of drug-likeness (QED) is 0.557. The van der Waals surface area contributed by atoms with Gasteiger partial charge in [-0.05, 0) is 11.5 Å². The predicted octanol–water partition coefficient (Wildman–Crippen LogP) is 2.29. The first-order valence-electron chi connectivity index (χ1n) is 3.68. The van der Waals surface area contributed by atoms with E-state index in [4.69, 9.17) is 5.73 Å². The molecule has 1 radical (unpaired) electrons. The lowest BCUT2D eigenvalue weighted by Crippen LogP contribution is -2.12. The van der Waals surface area contributed by atoms with Crippen LogP contribution < -0.4 is 5.73 Å². The molecule has 0 spiro atoms. The molecule has 0 aromatic carbocycles. The molecule has 0 aliphatic heterocycles. The summed E-state index contributed by atoms with van der Waals surface area (Å²) in [6.45, 7) is 6.26. The van der Waals surface area contributed by atoms with E-state index in [9.17, 15) is 0 Å². The van der Waals surface area contributed by atoms with Crippen LogP contribution in [-0.2, 0) is 5.41 Å². The van der Waals surface area contributed by atoms with E-state index in [1.54, 1.807) is 18.5 Å². The van der Waals surface area contributed by atoms with Gasteiger partial charge in [0, 0.05) is 18.0 Å². The van der Waals surface area contributed by atoms with Gasteiger partial charge in [-0.1, -0.05) is 20.8 Å².